The summed E-state index contributed by atoms with van der Waals surface area (Å²) in [7, 11) is 1.61. The minimum atomic E-state index is -1.40. The molecular weight excluding hydrogens is 566 g/mol. The molecular formula is C32H41N5O5S. The smallest absolute Gasteiger partial charge is 0.333 e. The molecule has 11 heteroatoms. The van der Waals surface area contributed by atoms with Gasteiger partial charge >= 0.3 is 5.69 Å². The third-order valence-corrected chi connectivity index (χ3v) is 9.39. The lowest BCUT2D eigenvalue weighted by Crippen LogP contribution is -2.57. The van der Waals surface area contributed by atoms with E-state index in [4.69, 9.17) is 9.47 Å². The summed E-state index contributed by atoms with van der Waals surface area (Å²) < 4.78 is 16.6. The summed E-state index contributed by atoms with van der Waals surface area (Å²) in [5, 5.41) is 5.53. The zero-order valence-electron chi connectivity index (χ0n) is 25.8. The van der Waals surface area contributed by atoms with Crippen LogP contribution in [-0.4, -0.2) is 56.5 Å². The highest BCUT2D eigenvalue weighted by Gasteiger charge is 2.39. The largest absolute Gasteiger partial charge is 0.496 e. The quantitative estimate of drug-likeness (QED) is 0.255. The van der Waals surface area contributed by atoms with E-state index in [0.29, 0.717) is 41.2 Å². The molecule has 4 aromatic rings. The number of fused-ring (bicyclic) bond motifs is 1. The molecule has 1 aliphatic rings. The molecule has 0 saturated carbocycles. The van der Waals surface area contributed by atoms with Crippen LogP contribution in [0.5, 0.6) is 5.75 Å². The second-order valence-electron chi connectivity index (χ2n) is 12.1. The Bertz CT molecular complexity index is 1710. The first-order chi connectivity index (χ1) is 20.6. The Morgan fingerprint density at radius 1 is 1.09 bits per heavy atom. The summed E-state index contributed by atoms with van der Waals surface area (Å²) in [5.41, 5.74) is -0.924. The third kappa shape index (κ3) is 5.80. The molecule has 230 valence electrons. The van der Waals surface area contributed by atoms with Crippen molar-refractivity contribution < 1.29 is 14.3 Å². The molecule has 1 saturated heterocycles. The molecule has 4 heterocycles. The van der Waals surface area contributed by atoms with Gasteiger partial charge < -0.3 is 14.4 Å². The van der Waals surface area contributed by atoms with Gasteiger partial charge in [0.05, 0.1) is 19.0 Å². The lowest BCUT2D eigenvalue weighted by Gasteiger charge is -2.35. The Hall–Kier alpha value is -3.70. The first kappa shape index (κ1) is 30.7. The number of ether oxygens (including phenoxy) is 2. The number of hydrogen-bond acceptors (Lipinski definition) is 7. The van der Waals surface area contributed by atoms with Crippen molar-refractivity contribution in [2.45, 2.75) is 72.1 Å². The number of aromatic nitrogens is 4. The first-order valence-corrected chi connectivity index (χ1v) is 15.7. The van der Waals surface area contributed by atoms with Crippen LogP contribution in [0.2, 0.25) is 0 Å². The highest BCUT2D eigenvalue weighted by molar-refractivity contribution is 7.21. The van der Waals surface area contributed by atoms with Crippen molar-refractivity contribution in [2.24, 2.45) is 5.92 Å². The Kier molecular flexibility index (Phi) is 8.94. The summed E-state index contributed by atoms with van der Waals surface area (Å²) >= 11 is 1.33. The molecule has 0 radical (unpaired) electrons. The third-order valence-electron chi connectivity index (χ3n) is 8.09. The summed E-state index contributed by atoms with van der Waals surface area (Å²) in [6, 6.07) is 9.41. The fourth-order valence-electron chi connectivity index (χ4n) is 5.82. The molecule has 0 N–H and O–H groups in total. The molecule has 1 aromatic carbocycles. The van der Waals surface area contributed by atoms with Crippen molar-refractivity contribution in [3.8, 4) is 10.8 Å². The van der Waals surface area contributed by atoms with Crippen LogP contribution in [-0.2, 0) is 21.6 Å². The van der Waals surface area contributed by atoms with Gasteiger partial charge in [0.2, 0.25) is 5.91 Å². The molecule has 10 nitrogen and oxygen atoms in total. The van der Waals surface area contributed by atoms with Crippen molar-refractivity contribution >= 4 is 27.5 Å². The maximum Gasteiger partial charge on any atom is 0.333 e. The van der Waals surface area contributed by atoms with Crippen LogP contribution in [0.3, 0.4) is 0 Å². The maximum atomic E-state index is 14.6. The Morgan fingerprint density at radius 3 is 2.47 bits per heavy atom. The number of thiophene rings is 1. The van der Waals surface area contributed by atoms with Crippen LogP contribution in [0.4, 0.5) is 0 Å². The topological polar surface area (TPSA) is 101 Å². The molecule has 3 aromatic heterocycles. The van der Waals surface area contributed by atoms with Gasteiger partial charge in [0.25, 0.3) is 5.56 Å². The van der Waals surface area contributed by atoms with Gasteiger partial charge in [-0.1, -0.05) is 43.4 Å². The fraction of sp³-hybridized carbons (Fsp3) is 0.500. The van der Waals surface area contributed by atoms with Crippen LogP contribution >= 0.6 is 11.3 Å². The van der Waals surface area contributed by atoms with Crippen molar-refractivity contribution in [3.05, 3.63) is 74.7 Å². The number of carbonyl (C=O) groups is 1. The molecule has 0 aliphatic carbocycles. The van der Waals surface area contributed by atoms with Gasteiger partial charge in [0.1, 0.15) is 27.2 Å². The van der Waals surface area contributed by atoms with Crippen molar-refractivity contribution in [1.82, 2.24) is 23.8 Å². The molecule has 1 atom stereocenters. The molecule has 5 rings (SSSR count). The number of piperidine rings is 1. The lowest BCUT2D eigenvalue weighted by molar-refractivity contribution is -0.140. The number of para-hydroxylation sites is 1. The molecule has 1 amide bonds. The monoisotopic (exact) mass is 607 g/mol. The van der Waals surface area contributed by atoms with Crippen molar-refractivity contribution in [3.63, 3.8) is 0 Å². The normalized spacial score (nSPS) is 14.9. The molecule has 0 spiro atoms. The van der Waals surface area contributed by atoms with E-state index in [-0.39, 0.29) is 18.4 Å². The fourth-order valence-corrected chi connectivity index (χ4v) is 7.07. The first-order valence-electron chi connectivity index (χ1n) is 14.9. The van der Waals surface area contributed by atoms with Gasteiger partial charge in [-0.3, -0.25) is 14.2 Å². The molecule has 1 fully saturated rings. The van der Waals surface area contributed by atoms with Gasteiger partial charge in [-0.05, 0) is 58.1 Å². The molecule has 1 aliphatic heterocycles. The SMILES string of the molecule is COc1ccccc1C(Cn1c(=O)n(C(C)(C)C(=O)N2CCCCC2)c(=O)c2c(C)c(-n3cccn3)sc21)OCC(C)C. The summed E-state index contributed by atoms with van der Waals surface area (Å²) in [4.78, 5) is 45.1. The van der Waals surface area contributed by atoms with Crippen LogP contribution in [0.25, 0.3) is 15.2 Å². The number of hydrogen-bond donors (Lipinski definition) is 0. The Labute approximate surface area is 255 Å². The van der Waals surface area contributed by atoms with E-state index in [1.165, 1.54) is 11.3 Å². The minimum Gasteiger partial charge on any atom is -0.496 e. The number of likely N-dealkylation sites (tertiary alicyclic amines) is 1. The van der Waals surface area contributed by atoms with E-state index in [1.54, 1.807) is 41.3 Å². The second-order valence-corrected chi connectivity index (χ2v) is 13.0. The molecule has 1 unspecified atom stereocenters. The highest BCUT2D eigenvalue weighted by atomic mass is 32.1. The Morgan fingerprint density at radius 2 is 1.81 bits per heavy atom. The van der Waals surface area contributed by atoms with E-state index < -0.39 is 22.9 Å². The number of carbonyl (C=O) groups excluding carboxylic acids is 1. The van der Waals surface area contributed by atoms with Crippen LogP contribution in [0.15, 0.2) is 52.3 Å². The number of amides is 1. The summed E-state index contributed by atoms with van der Waals surface area (Å²) in [6.45, 7) is 11.2. The number of aryl methyl sites for hydroxylation is 1. The zero-order valence-corrected chi connectivity index (χ0v) is 26.6. The van der Waals surface area contributed by atoms with E-state index >= 15 is 0 Å². The lowest BCUT2D eigenvalue weighted by atomic mass is 10.00. The number of methoxy groups -OCH3 is 1. The summed E-state index contributed by atoms with van der Waals surface area (Å²) in [5.74, 6) is 0.670. The average Bonchev–Trinajstić information content (AvgIpc) is 3.65. The number of nitrogens with zero attached hydrogens (tertiary/aromatic N) is 5. The van der Waals surface area contributed by atoms with E-state index in [1.807, 2.05) is 43.5 Å². The van der Waals surface area contributed by atoms with Gasteiger partial charge in [-0.15, -0.1) is 0 Å². The number of rotatable bonds is 10. The minimum absolute atomic E-state index is 0.120. The zero-order chi connectivity index (χ0) is 30.9. The number of benzene rings is 1. The average molecular weight is 608 g/mol. The summed E-state index contributed by atoms with van der Waals surface area (Å²) in [6.07, 6.45) is 5.81. The standard InChI is InChI=1S/C32H41N5O5S/c1-21(2)20-42-25(23-13-8-9-14-24(23)41-6)19-35-29-26(22(3)28(43-29)36-18-12-15-33-36)27(38)37(31(35)40)32(4,5)30(39)34-16-10-7-11-17-34/h8-9,12-15,18,21,25H,7,10-11,16-17,19-20H2,1-6H3. The van der Waals surface area contributed by atoms with E-state index in [0.717, 1.165) is 34.4 Å². The van der Waals surface area contributed by atoms with Crippen molar-refractivity contribution in [2.75, 3.05) is 26.8 Å². The Balaban J connectivity index is 1.75. The molecule has 0 bridgehead atoms. The van der Waals surface area contributed by atoms with Crippen molar-refractivity contribution in [1.29, 1.82) is 0 Å². The van der Waals surface area contributed by atoms with Gasteiger partial charge in [-0.2, -0.15) is 5.10 Å². The predicted molar refractivity (Wildman–Crippen MR) is 168 cm³/mol. The predicted octanol–water partition coefficient (Wildman–Crippen LogP) is 4.89. The maximum absolute atomic E-state index is 14.6. The van der Waals surface area contributed by atoms with Crippen LogP contribution < -0.4 is 16.0 Å². The van der Waals surface area contributed by atoms with Gasteiger partial charge in [-0.25, -0.2) is 14.0 Å². The molecule has 43 heavy (non-hydrogen) atoms. The van der Waals surface area contributed by atoms with Gasteiger partial charge in [0.15, 0.2) is 0 Å². The van der Waals surface area contributed by atoms with E-state index in [9.17, 15) is 14.4 Å². The van der Waals surface area contributed by atoms with E-state index in [2.05, 4.69) is 18.9 Å². The second kappa shape index (κ2) is 12.5. The van der Waals surface area contributed by atoms with Crippen LogP contribution in [0, 0.1) is 12.8 Å². The van der Waals surface area contributed by atoms with Crippen LogP contribution in [0.1, 0.15) is 64.2 Å². The highest BCUT2D eigenvalue weighted by Crippen LogP contribution is 2.34. The van der Waals surface area contributed by atoms with Gasteiger partial charge in [0, 0.05) is 43.2 Å².